The summed E-state index contributed by atoms with van der Waals surface area (Å²) in [5, 5.41) is 9.00. The van der Waals surface area contributed by atoms with E-state index >= 15 is 0 Å². The Bertz CT molecular complexity index is 611. The number of allylic oxidation sites excluding steroid dienone is 3. The molecule has 0 spiro atoms. The van der Waals surface area contributed by atoms with Crippen LogP contribution in [0.1, 0.15) is 6.42 Å². The van der Waals surface area contributed by atoms with Gasteiger partial charge in [-0.25, -0.2) is 4.79 Å². The Morgan fingerprint density at radius 2 is 2.11 bits per heavy atom. The first-order valence-corrected chi connectivity index (χ1v) is 6.33. The topological polar surface area (TPSA) is 46.5 Å². The van der Waals surface area contributed by atoms with E-state index in [1.54, 1.807) is 24.1 Å². The Morgan fingerprint density at radius 1 is 1.28 bits per heavy atom. The van der Waals surface area contributed by atoms with Crippen LogP contribution in [-0.4, -0.2) is 11.1 Å². The van der Waals surface area contributed by atoms with E-state index < -0.39 is 5.97 Å². The molecule has 4 heteroatoms. The third-order valence-corrected chi connectivity index (χ3v) is 3.98. The number of para-hydroxylation sites is 1. The summed E-state index contributed by atoms with van der Waals surface area (Å²) in [5.74, 6) is -0.0693. The second-order valence-electron chi connectivity index (χ2n) is 4.01. The van der Waals surface area contributed by atoms with Gasteiger partial charge in [-0.15, -0.1) is 0 Å². The molecular formula is C14H10O3S. The Labute approximate surface area is 108 Å². The second-order valence-corrected chi connectivity index (χ2v) is 5.10. The van der Waals surface area contributed by atoms with Crippen molar-refractivity contribution in [3.05, 3.63) is 58.7 Å². The lowest BCUT2D eigenvalue weighted by Crippen LogP contribution is -2.05. The highest BCUT2D eigenvalue weighted by Crippen LogP contribution is 2.43. The monoisotopic (exact) mass is 258 g/mol. The van der Waals surface area contributed by atoms with Crippen molar-refractivity contribution in [3.8, 4) is 5.75 Å². The standard InChI is InChI=1S/C14H10O3S/c15-14(16)9-5-6-12-10(7-9)8-17-11-3-1-2-4-13(11)18-12/h1-6,8H,7H2,(H,15,16). The molecule has 0 radical (unpaired) electrons. The highest BCUT2D eigenvalue weighted by atomic mass is 32.2. The second kappa shape index (κ2) is 4.38. The van der Waals surface area contributed by atoms with E-state index in [9.17, 15) is 4.79 Å². The minimum atomic E-state index is -0.877. The summed E-state index contributed by atoms with van der Waals surface area (Å²) in [5.41, 5.74) is 1.30. The summed E-state index contributed by atoms with van der Waals surface area (Å²) in [6.07, 6.45) is 5.56. The molecule has 1 aliphatic carbocycles. The summed E-state index contributed by atoms with van der Waals surface area (Å²) in [6.45, 7) is 0. The zero-order chi connectivity index (χ0) is 12.5. The van der Waals surface area contributed by atoms with Crippen molar-refractivity contribution in [2.24, 2.45) is 0 Å². The van der Waals surface area contributed by atoms with Gasteiger partial charge in [-0.05, 0) is 18.2 Å². The minimum absolute atomic E-state index is 0.389. The number of hydrogen-bond donors (Lipinski definition) is 1. The molecular weight excluding hydrogens is 248 g/mol. The number of thioether (sulfide) groups is 1. The third kappa shape index (κ3) is 1.95. The summed E-state index contributed by atoms with van der Waals surface area (Å²) in [7, 11) is 0. The summed E-state index contributed by atoms with van der Waals surface area (Å²) < 4.78 is 5.60. The number of benzene rings is 1. The number of aliphatic carboxylic acids is 1. The van der Waals surface area contributed by atoms with Crippen molar-refractivity contribution in [2.45, 2.75) is 11.3 Å². The third-order valence-electron chi connectivity index (χ3n) is 2.81. The predicted octanol–water partition coefficient (Wildman–Crippen LogP) is 3.35. The zero-order valence-electron chi connectivity index (χ0n) is 9.42. The maximum Gasteiger partial charge on any atom is 0.331 e. The molecule has 0 bridgehead atoms. The molecule has 1 aliphatic heterocycles. The van der Waals surface area contributed by atoms with E-state index in [1.165, 1.54) is 0 Å². The van der Waals surface area contributed by atoms with Crippen LogP contribution in [0.3, 0.4) is 0 Å². The average Bonchev–Trinajstić information content (AvgIpc) is 2.56. The lowest BCUT2D eigenvalue weighted by atomic mass is 10.0. The van der Waals surface area contributed by atoms with Gasteiger partial charge in [0.25, 0.3) is 0 Å². The molecule has 3 rings (SSSR count). The van der Waals surface area contributed by atoms with E-state index in [4.69, 9.17) is 9.84 Å². The maximum absolute atomic E-state index is 11.0. The van der Waals surface area contributed by atoms with Crippen LogP contribution in [0.15, 0.2) is 63.6 Å². The lowest BCUT2D eigenvalue weighted by Gasteiger charge is -2.13. The molecule has 1 N–H and O–H groups in total. The summed E-state index contributed by atoms with van der Waals surface area (Å²) in [4.78, 5) is 13.1. The molecule has 0 saturated heterocycles. The fourth-order valence-electron chi connectivity index (χ4n) is 1.87. The number of carboxylic acid groups (broad SMARTS) is 1. The fraction of sp³-hybridized carbons (Fsp3) is 0.0714. The highest BCUT2D eigenvalue weighted by molar-refractivity contribution is 8.03. The molecule has 1 aromatic rings. The molecule has 0 atom stereocenters. The molecule has 0 unspecified atom stereocenters. The van der Waals surface area contributed by atoms with Gasteiger partial charge in [0, 0.05) is 22.5 Å². The molecule has 0 aromatic heterocycles. The first-order valence-electron chi connectivity index (χ1n) is 5.51. The van der Waals surface area contributed by atoms with Crippen molar-refractivity contribution in [1.29, 1.82) is 0 Å². The molecule has 0 amide bonds. The SMILES string of the molecule is O=C(O)C1=CC=C2Sc3ccccc3OC=C2C1. The minimum Gasteiger partial charge on any atom is -0.478 e. The van der Waals surface area contributed by atoms with Crippen LogP contribution >= 0.6 is 11.8 Å². The van der Waals surface area contributed by atoms with Gasteiger partial charge < -0.3 is 9.84 Å². The predicted molar refractivity (Wildman–Crippen MR) is 69.4 cm³/mol. The van der Waals surface area contributed by atoms with Crippen molar-refractivity contribution in [2.75, 3.05) is 0 Å². The van der Waals surface area contributed by atoms with Gasteiger partial charge in [0.15, 0.2) is 0 Å². The van der Waals surface area contributed by atoms with Gasteiger partial charge in [0.1, 0.15) is 5.75 Å². The van der Waals surface area contributed by atoms with E-state index in [-0.39, 0.29) is 0 Å². The lowest BCUT2D eigenvalue weighted by molar-refractivity contribution is -0.132. The van der Waals surface area contributed by atoms with Crippen molar-refractivity contribution in [3.63, 3.8) is 0 Å². The number of rotatable bonds is 1. The van der Waals surface area contributed by atoms with E-state index in [0.29, 0.717) is 12.0 Å². The molecule has 0 saturated carbocycles. The number of ether oxygens (including phenoxy) is 1. The van der Waals surface area contributed by atoms with Crippen LogP contribution in [0.5, 0.6) is 5.75 Å². The smallest absolute Gasteiger partial charge is 0.331 e. The largest absolute Gasteiger partial charge is 0.478 e. The van der Waals surface area contributed by atoms with Gasteiger partial charge in [0.2, 0.25) is 0 Å². The Kier molecular flexibility index (Phi) is 2.72. The van der Waals surface area contributed by atoms with Crippen molar-refractivity contribution < 1.29 is 14.6 Å². The van der Waals surface area contributed by atoms with Gasteiger partial charge in [-0.1, -0.05) is 30.0 Å². The van der Waals surface area contributed by atoms with E-state index in [2.05, 4.69) is 0 Å². The molecule has 0 fully saturated rings. The van der Waals surface area contributed by atoms with Crippen molar-refractivity contribution in [1.82, 2.24) is 0 Å². The van der Waals surface area contributed by atoms with Gasteiger partial charge in [0.05, 0.1) is 11.2 Å². The molecule has 1 aromatic carbocycles. The van der Waals surface area contributed by atoms with Crippen LogP contribution in [0.2, 0.25) is 0 Å². The number of hydrogen-bond acceptors (Lipinski definition) is 3. The first-order chi connectivity index (χ1) is 8.74. The number of carbonyl (C=O) groups is 1. The van der Waals surface area contributed by atoms with Crippen LogP contribution in [0.4, 0.5) is 0 Å². The maximum atomic E-state index is 11.0. The van der Waals surface area contributed by atoms with Crippen molar-refractivity contribution >= 4 is 17.7 Å². The summed E-state index contributed by atoms with van der Waals surface area (Å²) in [6, 6.07) is 7.78. The van der Waals surface area contributed by atoms with Gasteiger partial charge >= 0.3 is 5.97 Å². The Morgan fingerprint density at radius 3 is 2.94 bits per heavy atom. The van der Waals surface area contributed by atoms with Gasteiger partial charge in [-0.3, -0.25) is 0 Å². The first kappa shape index (κ1) is 11.2. The highest BCUT2D eigenvalue weighted by Gasteiger charge is 2.21. The summed E-state index contributed by atoms with van der Waals surface area (Å²) >= 11 is 1.61. The van der Waals surface area contributed by atoms with Gasteiger partial charge in [-0.2, -0.15) is 0 Å². The fourth-order valence-corrected chi connectivity index (χ4v) is 2.85. The van der Waals surface area contributed by atoms with E-state index in [1.807, 2.05) is 30.3 Å². The molecule has 18 heavy (non-hydrogen) atoms. The number of fused-ring (bicyclic) bond motifs is 2. The molecule has 2 aliphatic rings. The zero-order valence-corrected chi connectivity index (χ0v) is 10.2. The van der Waals surface area contributed by atoms with Crippen LogP contribution in [0.25, 0.3) is 0 Å². The van der Waals surface area contributed by atoms with Crippen LogP contribution in [0, 0.1) is 0 Å². The molecule has 90 valence electrons. The Balaban J connectivity index is 1.99. The average molecular weight is 258 g/mol. The molecule has 1 heterocycles. The Hall–Kier alpha value is -1.94. The molecule has 3 nitrogen and oxygen atoms in total. The normalized spacial score (nSPS) is 17.2. The quantitative estimate of drug-likeness (QED) is 0.839. The number of carboxylic acids is 1. The van der Waals surface area contributed by atoms with Crippen LogP contribution in [-0.2, 0) is 4.79 Å². The van der Waals surface area contributed by atoms with Crippen LogP contribution < -0.4 is 4.74 Å². The van der Waals surface area contributed by atoms with E-state index in [0.717, 1.165) is 21.1 Å².